The van der Waals surface area contributed by atoms with Crippen molar-refractivity contribution in [2.24, 2.45) is 4.99 Å². The molecule has 9 heteroatoms. The quantitative estimate of drug-likeness (QED) is 0.751. The number of esters is 1. The lowest BCUT2D eigenvalue weighted by Crippen LogP contribution is -2.31. The molecule has 0 spiro atoms. The topological polar surface area (TPSA) is 114 Å². The number of sulfonamides is 1. The first-order chi connectivity index (χ1) is 12.9. The van der Waals surface area contributed by atoms with E-state index in [4.69, 9.17) is 4.74 Å². The molecule has 0 saturated heterocycles. The van der Waals surface area contributed by atoms with Crippen molar-refractivity contribution in [2.45, 2.75) is 17.9 Å². The Morgan fingerprint density at radius 1 is 1.11 bits per heavy atom. The molecule has 0 radical (unpaired) electrons. The summed E-state index contributed by atoms with van der Waals surface area (Å²) in [6, 6.07) is 15.1. The molecule has 0 unspecified atom stereocenters. The van der Waals surface area contributed by atoms with Crippen LogP contribution < -0.4 is 10.0 Å². The average Bonchev–Trinajstić information content (AvgIpc) is 2.91. The first kappa shape index (κ1) is 18.6. The number of rotatable bonds is 5. The number of anilines is 1. The maximum Gasteiger partial charge on any atom is 0.328 e. The SMILES string of the molecule is C[C@H](OC(=O)CN=C1NS(=O)(=O)c2ccccc21)C(=O)Nc1ccccc1. The van der Waals surface area contributed by atoms with E-state index in [1.54, 1.807) is 42.5 Å². The summed E-state index contributed by atoms with van der Waals surface area (Å²) >= 11 is 0. The van der Waals surface area contributed by atoms with Crippen molar-refractivity contribution in [2.75, 3.05) is 11.9 Å². The van der Waals surface area contributed by atoms with E-state index in [0.29, 0.717) is 11.3 Å². The van der Waals surface area contributed by atoms with Crippen LogP contribution in [0.15, 0.2) is 64.5 Å². The van der Waals surface area contributed by atoms with Gasteiger partial charge in [-0.05, 0) is 31.2 Å². The number of benzene rings is 2. The van der Waals surface area contributed by atoms with Crippen LogP contribution in [0.3, 0.4) is 0 Å². The summed E-state index contributed by atoms with van der Waals surface area (Å²) in [5.74, 6) is -1.15. The molecule has 2 aromatic rings. The third-order valence-electron chi connectivity index (χ3n) is 3.75. The lowest BCUT2D eigenvalue weighted by Gasteiger charge is -2.12. The van der Waals surface area contributed by atoms with Crippen LogP contribution in [-0.2, 0) is 24.3 Å². The van der Waals surface area contributed by atoms with E-state index in [0.717, 1.165) is 0 Å². The van der Waals surface area contributed by atoms with Gasteiger partial charge in [0.15, 0.2) is 6.10 Å². The van der Waals surface area contributed by atoms with E-state index in [-0.39, 0.29) is 10.7 Å². The zero-order chi connectivity index (χ0) is 19.4. The molecule has 140 valence electrons. The van der Waals surface area contributed by atoms with Crippen molar-refractivity contribution in [3.63, 3.8) is 0 Å². The molecule has 27 heavy (non-hydrogen) atoms. The van der Waals surface area contributed by atoms with Gasteiger partial charge in [-0.15, -0.1) is 0 Å². The average molecular weight is 387 g/mol. The monoisotopic (exact) mass is 387 g/mol. The number of carbonyl (C=O) groups is 2. The Morgan fingerprint density at radius 3 is 2.52 bits per heavy atom. The third kappa shape index (κ3) is 4.32. The zero-order valence-electron chi connectivity index (χ0n) is 14.4. The number of para-hydroxylation sites is 1. The Balaban J connectivity index is 1.60. The van der Waals surface area contributed by atoms with Gasteiger partial charge in [0.1, 0.15) is 12.4 Å². The van der Waals surface area contributed by atoms with Crippen molar-refractivity contribution in [3.05, 3.63) is 60.2 Å². The second-order valence-electron chi connectivity index (χ2n) is 5.75. The van der Waals surface area contributed by atoms with Gasteiger partial charge < -0.3 is 10.1 Å². The minimum atomic E-state index is -3.67. The van der Waals surface area contributed by atoms with Crippen LogP contribution >= 0.6 is 0 Å². The second kappa shape index (κ2) is 7.58. The molecule has 1 aliphatic heterocycles. The highest BCUT2D eigenvalue weighted by atomic mass is 32.2. The lowest BCUT2D eigenvalue weighted by atomic mass is 10.2. The smallest absolute Gasteiger partial charge is 0.328 e. The van der Waals surface area contributed by atoms with Crippen LogP contribution in [0.2, 0.25) is 0 Å². The molecule has 1 atom stereocenters. The van der Waals surface area contributed by atoms with Gasteiger partial charge in [-0.1, -0.05) is 30.3 Å². The molecule has 0 aliphatic carbocycles. The number of aliphatic imine (C=N–C) groups is 1. The Morgan fingerprint density at radius 2 is 1.78 bits per heavy atom. The van der Waals surface area contributed by atoms with Gasteiger partial charge in [0.25, 0.3) is 15.9 Å². The fraction of sp³-hybridized carbons (Fsp3) is 0.167. The standard InChI is InChI=1S/C18H17N3O5S/c1-12(18(23)20-13-7-3-2-4-8-13)26-16(22)11-19-17-14-9-5-6-10-15(14)27(24,25)21-17/h2-10,12H,11H2,1H3,(H,19,21)(H,20,23)/t12-/m0/s1. The molecule has 2 N–H and O–H groups in total. The number of amides is 1. The number of amidine groups is 1. The zero-order valence-corrected chi connectivity index (χ0v) is 15.2. The fourth-order valence-corrected chi connectivity index (χ4v) is 3.70. The predicted molar refractivity (Wildman–Crippen MR) is 98.8 cm³/mol. The van der Waals surface area contributed by atoms with Gasteiger partial charge in [-0.3, -0.25) is 19.3 Å². The number of hydrogen-bond donors (Lipinski definition) is 2. The maximum absolute atomic E-state index is 12.0. The summed E-state index contributed by atoms with van der Waals surface area (Å²) < 4.78 is 31.3. The minimum absolute atomic E-state index is 0.0731. The molecule has 0 fully saturated rings. The van der Waals surface area contributed by atoms with Gasteiger partial charge in [0.05, 0.1) is 4.90 Å². The molecule has 0 saturated carbocycles. The summed E-state index contributed by atoms with van der Waals surface area (Å²) in [5, 5.41) is 2.62. The van der Waals surface area contributed by atoms with E-state index in [1.165, 1.54) is 13.0 Å². The van der Waals surface area contributed by atoms with Crippen molar-refractivity contribution >= 4 is 33.4 Å². The van der Waals surface area contributed by atoms with E-state index in [2.05, 4.69) is 15.0 Å². The fourth-order valence-electron chi connectivity index (χ4n) is 2.45. The molecule has 0 bridgehead atoms. The summed E-state index contributed by atoms with van der Waals surface area (Å²) in [4.78, 5) is 28.1. The summed E-state index contributed by atoms with van der Waals surface area (Å²) in [6.45, 7) is 1.02. The van der Waals surface area contributed by atoms with Crippen LogP contribution in [0.25, 0.3) is 0 Å². The first-order valence-electron chi connectivity index (χ1n) is 8.09. The first-order valence-corrected chi connectivity index (χ1v) is 9.57. The van der Waals surface area contributed by atoms with Crippen LogP contribution in [-0.4, -0.2) is 38.8 Å². The van der Waals surface area contributed by atoms with Gasteiger partial charge >= 0.3 is 5.97 Å². The third-order valence-corrected chi connectivity index (χ3v) is 5.14. The van der Waals surface area contributed by atoms with Crippen LogP contribution in [0.4, 0.5) is 5.69 Å². The number of nitrogens with zero attached hydrogens (tertiary/aromatic N) is 1. The van der Waals surface area contributed by atoms with Crippen molar-refractivity contribution in [1.29, 1.82) is 0 Å². The summed E-state index contributed by atoms with van der Waals surface area (Å²) in [5.41, 5.74) is 0.975. The molecule has 8 nitrogen and oxygen atoms in total. The van der Waals surface area contributed by atoms with E-state index in [9.17, 15) is 18.0 Å². The number of carbonyl (C=O) groups excluding carboxylic acids is 2. The number of nitrogens with one attached hydrogen (secondary N) is 2. The molecule has 1 aliphatic rings. The summed E-state index contributed by atoms with van der Waals surface area (Å²) in [6.07, 6.45) is -1.02. The lowest BCUT2D eigenvalue weighted by molar-refractivity contribution is -0.151. The van der Waals surface area contributed by atoms with Crippen LogP contribution in [0, 0.1) is 0 Å². The molecule has 0 aromatic heterocycles. The Bertz CT molecular complexity index is 1000. The highest BCUT2D eigenvalue weighted by Gasteiger charge is 2.30. The van der Waals surface area contributed by atoms with Crippen molar-refractivity contribution in [1.82, 2.24) is 4.72 Å². The highest BCUT2D eigenvalue weighted by molar-refractivity contribution is 7.90. The Kier molecular flexibility index (Phi) is 5.22. The van der Waals surface area contributed by atoms with Crippen molar-refractivity contribution < 1.29 is 22.7 Å². The van der Waals surface area contributed by atoms with Gasteiger partial charge in [0.2, 0.25) is 0 Å². The van der Waals surface area contributed by atoms with Gasteiger partial charge in [-0.25, -0.2) is 8.42 Å². The normalized spacial score (nSPS) is 16.9. The Labute approximate surface area is 156 Å². The van der Waals surface area contributed by atoms with E-state index >= 15 is 0 Å². The number of ether oxygens (including phenoxy) is 1. The predicted octanol–water partition coefficient (Wildman–Crippen LogP) is 1.30. The molecular weight excluding hydrogens is 370 g/mol. The number of hydrogen-bond acceptors (Lipinski definition) is 6. The van der Waals surface area contributed by atoms with Gasteiger partial charge in [0, 0.05) is 11.3 Å². The highest BCUT2D eigenvalue weighted by Crippen LogP contribution is 2.22. The van der Waals surface area contributed by atoms with Crippen LogP contribution in [0.1, 0.15) is 12.5 Å². The Hall–Kier alpha value is -3.20. The second-order valence-corrected chi connectivity index (χ2v) is 7.40. The van der Waals surface area contributed by atoms with Crippen molar-refractivity contribution in [3.8, 4) is 0 Å². The number of fused-ring (bicyclic) bond motifs is 1. The van der Waals surface area contributed by atoms with Gasteiger partial charge in [-0.2, -0.15) is 0 Å². The largest absolute Gasteiger partial charge is 0.451 e. The molecule has 1 amide bonds. The summed E-state index contributed by atoms with van der Waals surface area (Å²) in [7, 11) is -3.67. The minimum Gasteiger partial charge on any atom is -0.451 e. The molecular formula is C18H17N3O5S. The van der Waals surface area contributed by atoms with E-state index in [1.807, 2.05) is 6.07 Å². The molecule has 3 rings (SSSR count). The van der Waals surface area contributed by atoms with E-state index < -0.39 is 34.5 Å². The maximum atomic E-state index is 12.0. The molecule has 2 aromatic carbocycles. The van der Waals surface area contributed by atoms with Crippen LogP contribution in [0.5, 0.6) is 0 Å². The molecule has 1 heterocycles.